The summed E-state index contributed by atoms with van der Waals surface area (Å²) >= 11 is 0. The van der Waals surface area contributed by atoms with Gasteiger partial charge in [-0.25, -0.2) is 0 Å². The van der Waals surface area contributed by atoms with Gasteiger partial charge in [0.15, 0.2) is 0 Å². The van der Waals surface area contributed by atoms with Crippen molar-refractivity contribution in [2.24, 2.45) is 17.6 Å². The molecule has 0 saturated carbocycles. The number of hydrogen-bond acceptors (Lipinski definition) is 3. The standard InChI is InChI=1S/C17H33N3O/c1-14(2)16(18)17(21)20-12-7-15(8-13-20)6-5-11-19-9-3-4-10-19/h14-16H,3-13,18H2,1-2H3/t16-/m0/s1. The maximum atomic E-state index is 12.2. The Morgan fingerprint density at radius 2 is 1.76 bits per heavy atom. The summed E-state index contributed by atoms with van der Waals surface area (Å²) in [6.07, 6.45) is 7.75. The van der Waals surface area contributed by atoms with Crippen LogP contribution in [-0.2, 0) is 4.79 Å². The molecule has 4 nitrogen and oxygen atoms in total. The SMILES string of the molecule is CC(C)[C@H](N)C(=O)N1CCC(CCCN2CCCC2)CC1. The predicted molar refractivity (Wildman–Crippen MR) is 87.0 cm³/mol. The molecule has 2 rings (SSSR count). The van der Waals surface area contributed by atoms with E-state index in [1.165, 1.54) is 45.3 Å². The molecular formula is C17H33N3O. The second-order valence-electron chi connectivity index (χ2n) is 7.23. The minimum Gasteiger partial charge on any atom is -0.341 e. The molecule has 2 fully saturated rings. The topological polar surface area (TPSA) is 49.6 Å². The molecule has 0 aromatic carbocycles. The Hall–Kier alpha value is -0.610. The molecule has 0 aliphatic carbocycles. The van der Waals surface area contributed by atoms with E-state index in [-0.39, 0.29) is 17.9 Å². The van der Waals surface area contributed by atoms with Gasteiger partial charge in [-0.3, -0.25) is 4.79 Å². The fraction of sp³-hybridized carbons (Fsp3) is 0.941. The Balaban J connectivity index is 1.62. The lowest BCUT2D eigenvalue weighted by molar-refractivity contribution is -0.135. The van der Waals surface area contributed by atoms with Gasteiger partial charge in [-0.05, 0) is 70.0 Å². The minimum absolute atomic E-state index is 0.153. The van der Waals surface area contributed by atoms with Crippen molar-refractivity contribution in [1.29, 1.82) is 0 Å². The number of nitrogens with two attached hydrogens (primary N) is 1. The molecule has 1 atom stereocenters. The summed E-state index contributed by atoms with van der Waals surface area (Å²) < 4.78 is 0. The highest BCUT2D eigenvalue weighted by molar-refractivity contribution is 5.82. The molecule has 2 aliphatic rings. The highest BCUT2D eigenvalue weighted by atomic mass is 16.2. The van der Waals surface area contributed by atoms with Crippen molar-refractivity contribution in [2.45, 2.75) is 58.4 Å². The maximum absolute atomic E-state index is 12.2. The molecule has 2 saturated heterocycles. The third kappa shape index (κ3) is 4.96. The highest BCUT2D eigenvalue weighted by Gasteiger charge is 2.27. The summed E-state index contributed by atoms with van der Waals surface area (Å²) in [6.45, 7) is 9.75. The second kappa shape index (κ2) is 8.14. The second-order valence-corrected chi connectivity index (χ2v) is 7.23. The average molecular weight is 295 g/mol. The van der Waals surface area contributed by atoms with Crippen molar-refractivity contribution in [3.05, 3.63) is 0 Å². The van der Waals surface area contributed by atoms with E-state index >= 15 is 0 Å². The van der Waals surface area contributed by atoms with Gasteiger partial charge in [-0.2, -0.15) is 0 Å². The van der Waals surface area contributed by atoms with Crippen molar-refractivity contribution in [3.8, 4) is 0 Å². The molecule has 2 N–H and O–H groups in total. The van der Waals surface area contributed by atoms with E-state index in [9.17, 15) is 4.79 Å². The molecule has 0 aromatic rings. The lowest BCUT2D eigenvalue weighted by atomic mass is 9.91. The van der Waals surface area contributed by atoms with Gasteiger partial charge in [0.05, 0.1) is 6.04 Å². The zero-order valence-electron chi connectivity index (χ0n) is 13.9. The number of amides is 1. The Labute approximate surface area is 130 Å². The monoisotopic (exact) mass is 295 g/mol. The van der Waals surface area contributed by atoms with E-state index in [1.807, 2.05) is 18.7 Å². The zero-order valence-corrected chi connectivity index (χ0v) is 13.9. The molecule has 0 unspecified atom stereocenters. The van der Waals surface area contributed by atoms with Crippen LogP contribution in [0, 0.1) is 11.8 Å². The number of piperidine rings is 1. The third-order valence-corrected chi connectivity index (χ3v) is 5.21. The number of nitrogens with zero attached hydrogens (tertiary/aromatic N) is 2. The molecule has 0 spiro atoms. The number of carbonyl (C=O) groups excluding carboxylic acids is 1. The van der Waals surface area contributed by atoms with Crippen LogP contribution in [0.15, 0.2) is 0 Å². The van der Waals surface area contributed by atoms with Crippen LogP contribution in [0.4, 0.5) is 0 Å². The smallest absolute Gasteiger partial charge is 0.239 e. The lowest BCUT2D eigenvalue weighted by Crippen LogP contribution is -2.49. The van der Waals surface area contributed by atoms with Gasteiger partial charge in [-0.1, -0.05) is 13.8 Å². The van der Waals surface area contributed by atoms with E-state index in [0.29, 0.717) is 0 Å². The minimum atomic E-state index is -0.322. The van der Waals surface area contributed by atoms with Crippen LogP contribution in [0.1, 0.15) is 52.4 Å². The first-order chi connectivity index (χ1) is 10.1. The fourth-order valence-electron chi connectivity index (χ4n) is 3.55. The molecule has 0 bridgehead atoms. The Kier molecular flexibility index (Phi) is 6.49. The Morgan fingerprint density at radius 3 is 2.33 bits per heavy atom. The molecule has 21 heavy (non-hydrogen) atoms. The van der Waals surface area contributed by atoms with Crippen LogP contribution >= 0.6 is 0 Å². The summed E-state index contributed by atoms with van der Waals surface area (Å²) in [5.74, 6) is 1.20. The quantitative estimate of drug-likeness (QED) is 0.816. The predicted octanol–water partition coefficient (Wildman–Crippen LogP) is 2.08. The first kappa shape index (κ1) is 16.8. The highest BCUT2D eigenvalue weighted by Crippen LogP contribution is 2.23. The summed E-state index contributed by atoms with van der Waals surface area (Å²) in [6, 6.07) is -0.322. The molecule has 2 aliphatic heterocycles. The molecular weight excluding hydrogens is 262 g/mol. The van der Waals surface area contributed by atoms with Crippen molar-refractivity contribution < 1.29 is 4.79 Å². The average Bonchev–Trinajstić information content (AvgIpc) is 2.99. The van der Waals surface area contributed by atoms with Crippen LogP contribution in [-0.4, -0.2) is 54.5 Å². The summed E-state index contributed by atoms with van der Waals surface area (Å²) in [7, 11) is 0. The summed E-state index contributed by atoms with van der Waals surface area (Å²) in [4.78, 5) is 16.8. The van der Waals surface area contributed by atoms with Crippen LogP contribution in [0.2, 0.25) is 0 Å². The normalized spacial score (nSPS) is 23.0. The first-order valence-corrected chi connectivity index (χ1v) is 8.84. The lowest BCUT2D eigenvalue weighted by Gasteiger charge is -2.34. The van der Waals surface area contributed by atoms with Gasteiger partial charge in [0.2, 0.25) is 5.91 Å². The number of hydrogen-bond donors (Lipinski definition) is 1. The van der Waals surface area contributed by atoms with Crippen LogP contribution in [0.25, 0.3) is 0 Å². The van der Waals surface area contributed by atoms with E-state index < -0.39 is 0 Å². The largest absolute Gasteiger partial charge is 0.341 e. The fourth-order valence-corrected chi connectivity index (χ4v) is 3.55. The zero-order chi connectivity index (χ0) is 15.2. The van der Waals surface area contributed by atoms with Gasteiger partial charge >= 0.3 is 0 Å². The Bertz CT molecular complexity index is 318. The maximum Gasteiger partial charge on any atom is 0.239 e. The molecule has 1 amide bonds. The van der Waals surface area contributed by atoms with Crippen LogP contribution < -0.4 is 5.73 Å². The van der Waals surface area contributed by atoms with E-state index in [2.05, 4.69) is 4.90 Å². The van der Waals surface area contributed by atoms with Gasteiger partial charge in [0, 0.05) is 13.1 Å². The Morgan fingerprint density at radius 1 is 1.14 bits per heavy atom. The number of rotatable bonds is 6. The summed E-state index contributed by atoms with van der Waals surface area (Å²) in [5.41, 5.74) is 5.98. The van der Waals surface area contributed by atoms with Gasteiger partial charge < -0.3 is 15.5 Å². The molecule has 122 valence electrons. The molecule has 4 heteroatoms. The molecule has 0 radical (unpaired) electrons. The summed E-state index contributed by atoms with van der Waals surface area (Å²) in [5, 5.41) is 0. The van der Waals surface area contributed by atoms with Crippen LogP contribution in [0.3, 0.4) is 0 Å². The number of likely N-dealkylation sites (tertiary alicyclic amines) is 2. The third-order valence-electron chi connectivity index (χ3n) is 5.21. The molecule has 0 aromatic heterocycles. The van der Waals surface area contributed by atoms with Gasteiger partial charge in [-0.15, -0.1) is 0 Å². The first-order valence-electron chi connectivity index (χ1n) is 8.84. The van der Waals surface area contributed by atoms with Crippen molar-refractivity contribution in [2.75, 3.05) is 32.7 Å². The van der Waals surface area contributed by atoms with E-state index in [4.69, 9.17) is 5.73 Å². The van der Waals surface area contributed by atoms with Gasteiger partial charge in [0.25, 0.3) is 0 Å². The van der Waals surface area contributed by atoms with Crippen molar-refractivity contribution >= 4 is 5.91 Å². The van der Waals surface area contributed by atoms with Crippen molar-refractivity contribution in [1.82, 2.24) is 9.80 Å². The molecule has 2 heterocycles. The van der Waals surface area contributed by atoms with Crippen molar-refractivity contribution in [3.63, 3.8) is 0 Å². The van der Waals surface area contributed by atoms with Crippen LogP contribution in [0.5, 0.6) is 0 Å². The number of carbonyl (C=O) groups is 1. The van der Waals surface area contributed by atoms with E-state index in [1.54, 1.807) is 0 Å². The van der Waals surface area contributed by atoms with Gasteiger partial charge in [0.1, 0.15) is 0 Å². The van der Waals surface area contributed by atoms with E-state index in [0.717, 1.165) is 31.8 Å².